The molecule has 2 nitrogen and oxygen atoms in total. The van der Waals surface area contributed by atoms with Crippen molar-refractivity contribution in [2.45, 2.75) is 11.9 Å². The molecule has 0 N–H and O–H groups in total. The fourth-order valence-corrected chi connectivity index (χ4v) is 0.481. The summed E-state index contributed by atoms with van der Waals surface area (Å²) in [5.74, 6) is 0. The van der Waals surface area contributed by atoms with Crippen LogP contribution in [-0.4, -0.2) is 25.3 Å². The molecule has 0 saturated carbocycles. The smallest absolute Gasteiger partial charge is 0.109 e. The van der Waals surface area contributed by atoms with Gasteiger partial charge in [-0.25, -0.2) is 0 Å². The highest BCUT2D eigenvalue weighted by Crippen LogP contribution is 1.97. The predicted molar refractivity (Wildman–Crippen MR) is 36.2 cm³/mol. The van der Waals surface area contributed by atoms with E-state index in [1.54, 1.807) is 7.11 Å². The second-order valence-corrected chi connectivity index (χ2v) is 2.70. The summed E-state index contributed by atoms with van der Waals surface area (Å²) in [7, 11) is 1.66. The zero-order valence-corrected chi connectivity index (χ0v) is 6.77. The molecule has 8 heavy (non-hydrogen) atoms. The van der Waals surface area contributed by atoms with Gasteiger partial charge >= 0.3 is 0 Å². The van der Waals surface area contributed by atoms with Crippen molar-refractivity contribution in [2.75, 3.05) is 20.3 Å². The van der Waals surface area contributed by atoms with Crippen LogP contribution in [0.25, 0.3) is 0 Å². The standard InChI is InChI=1S/C5H11BrO2/c1-5(6)8-4-3-7-2/h5H,3-4H2,1-2H3/t5-/m1/s1. The minimum atomic E-state index is 0.137. The molecule has 0 aromatic carbocycles. The molecule has 50 valence electrons. The van der Waals surface area contributed by atoms with E-state index in [1.165, 1.54) is 0 Å². The van der Waals surface area contributed by atoms with Crippen molar-refractivity contribution in [1.82, 2.24) is 0 Å². The van der Waals surface area contributed by atoms with Gasteiger partial charge in [-0.3, -0.25) is 0 Å². The Bertz CT molecular complexity index is 47.7. The van der Waals surface area contributed by atoms with E-state index in [9.17, 15) is 0 Å². The van der Waals surface area contributed by atoms with E-state index in [0.29, 0.717) is 13.2 Å². The number of halogens is 1. The lowest BCUT2D eigenvalue weighted by atomic mass is 10.7. The van der Waals surface area contributed by atoms with Gasteiger partial charge < -0.3 is 9.47 Å². The Kier molecular flexibility index (Phi) is 5.81. The summed E-state index contributed by atoms with van der Waals surface area (Å²) >= 11 is 3.23. The molecule has 0 aliphatic carbocycles. The summed E-state index contributed by atoms with van der Waals surface area (Å²) in [5.41, 5.74) is 0. The third-order valence-corrected chi connectivity index (χ3v) is 0.899. The normalized spacial score (nSPS) is 13.9. The average Bonchev–Trinajstić information content (AvgIpc) is 1.66. The first-order chi connectivity index (χ1) is 3.77. The lowest BCUT2D eigenvalue weighted by Gasteiger charge is -2.03. The minimum Gasteiger partial charge on any atom is -0.382 e. The number of rotatable bonds is 4. The molecule has 0 rings (SSSR count). The van der Waals surface area contributed by atoms with E-state index in [-0.39, 0.29) is 5.01 Å². The summed E-state index contributed by atoms with van der Waals surface area (Å²) in [6, 6.07) is 0. The van der Waals surface area contributed by atoms with Gasteiger partial charge in [0.2, 0.25) is 0 Å². The van der Waals surface area contributed by atoms with Crippen molar-refractivity contribution >= 4 is 15.9 Å². The van der Waals surface area contributed by atoms with E-state index in [0.717, 1.165) is 0 Å². The first-order valence-electron chi connectivity index (χ1n) is 2.52. The topological polar surface area (TPSA) is 18.5 Å². The molecule has 0 aliphatic heterocycles. The minimum absolute atomic E-state index is 0.137. The molecular formula is C5H11BrO2. The molecule has 0 radical (unpaired) electrons. The fraction of sp³-hybridized carbons (Fsp3) is 1.00. The molecule has 0 aromatic rings. The zero-order valence-electron chi connectivity index (χ0n) is 5.19. The van der Waals surface area contributed by atoms with Crippen LogP contribution in [0.4, 0.5) is 0 Å². The maximum Gasteiger partial charge on any atom is 0.109 e. The van der Waals surface area contributed by atoms with Crippen molar-refractivity contribution < 1.29 is 9.47 Å². The highest BCUT2D eigenvalue weighted by atomic mass is 79.9. The van der Waals surface area contributed by atoms with E-state index >= 15 is 0 Å². The van der Waals surface area contributed by atoms with Gasteiger partial charge in [0.25, 0.3) is 0 Å². The van der Waals surface area contributed by atoms with Crippen molar-refractivity contribution in [3.8, 4) is 0 Å². The molecular weight excluding hydrogens is 172 g/mol. The van der Waals surface area contributed by atoms with Crippen molar-refractivity contribution in [3.63, 3.8) is 0 Å². The molecule has 0 aliphatic rings. The third kappa shape index (κ3) is 6.40. The van der Waals surface area contributed by atoms with E-state index in [2.05, 4.69) is 15.9 Å². The van der Waals surface area contributed by atoms with Crippen molar-refractivity contribution in [2.24, 2.45) is 0 Å². The highest BCUT2D eigenvalue weighted by Gasteiger charge is 1.91. The molecule has 0 amide bonds. The average molecular weight is 183 g/mol. The van der Waals surface area contributed by atoms with E-state index in [4.69, 9.17) is 9.47 Å². The summed E-state index contributed by atoms with van der Waals surface area (Å²) in [6.07, 6.45) is 0. The number of hydrogen-bond acceptors (Lipinski definition) is 2. The van der Waals surface area contributed by atoms with E-state index < -0.39 is 0 Å². The Morgan fingerprint density at radius 1 is 1.50 bits per heavy atom. The second kappa shape index (κ2) is 5.54. The summed E-state index contributed by atoms with van der Waals surface area (Å²) in [6.45, 7) is 3.24. The largest absolute Gasteiger partial charge is 0.382 e. The van der Waals surface area contributed by atoms with Gasteiger partial charge in [-0.05, 0) is 6.92 Å². The van der Waals surface area contributed by atoms with Crippen LogP contribution in [0.3, 0.4) is 0 Å². The Morgan fingerprint density at radius 2 is 2.12 bits per heavy atom. The van der Waals surface area contributed by atoms with E-state index in [1.807, 2.05) is 6.92 Å². The number of hydrogen-bond donors (Lipinski definition) is 0. The first kappa shape index (κ1) is 8.40. The lowest BCUT2D eigenvalue weighted by molar-refractivity contribution is 0.0666. The molecule has 0 saturated heterocycles. The van der Waals surface area contributed by atoms with Crippen molar-refractivity contribution in [3.05, 3.63) is 0 Å². The van der Waals surface area contributed by atoms with Crippen LogP contribution in [0, 0.1) is 0 Å². The molecule has 0 spiro atoms. The molecule has 0 fully saturated rings. The van der Waals surface area contributed by atoms with Crippen LogP contribution in [-0.2, 0) is 9.47 Å². The Labute approximate surface area is 58.3 Å². The predicted octanol–water partition coefficient (Wildman–Crippen LogP) is 1.39. The number of methoxy groups -OCH3 is 1. The van der Waals surface area contributed by atoms with Gasteiger partial charge in [0.15, 0.2) is 0 Å². The lowest BCUT2D eigenvalue weighted by Crippen LogP contribution is -2.05. The van der Waals surface area contributed by atoms with Crippen LogP contribution < -0.4 is 0 Å². The SMILES string of the molecule is COCCO[C@H](C)Br. The number of ether oxygens (including phenoxy) is 2. The van der Waals surface area contributed by atoms with Crippen LogP contribution >= 0.6 is 15.9 Å². The third-order valence-electron chi connectivity index (χ3n) is 0.635. The van der Waals surface area contributed by atoms with Gasteiger partial charge in [0.05, 0.1) is 13.2 Å². The van der Waals surface area contributed by atoms with Gasteiger partial charge in [-0.15, -0.1) is 0 Å². The highest BCUT2D eigenvalue weighted by molar-refractivity contribution is 9.09. The Hall–Kier alpha value is 0.400. The molecule has 0 aromatic heterocycles. The Balaban J connectivity index is 2.72. The molecule has 3 heteroatoms. The molecule has 1 atom stereocenters. The molecule has 0 heterocycles. The summed E-state index contributed by atoms with van der Waals surface area (Å²) in [5, 5.41) is 0.137. The summed E-state index contributed by atoms with van der Waals surface area (Å²) in [4.78, 5) is 0. The molecule has 0 bridgehead atoms. The van der Waals surface area contributed by atoms with Gasteiger partial charge in [-0.2, -0.15) is 0 Å². The summed E-state index contributed by atoms with van der Waals surface area (Å²) < 4.78 is 9.82. The van der Waals surface area contributed by atoms with Crippen molar-refractivity contribution in [1.29, 1.82) is 0 Å². The zero-order chi connectivity index (χ0) is 6.41. The van der Waals surface area contributed by atoms with Crippen LogP contribution in [0.5, 0.6) is 0 Å². The Morgan fingerprint density at radius 3 is 2.50 bits per heavy atom. The maximum absolute atomic E-state index is 5.07. The van der Waals surface area contributed by atoms with Gasteiger partial charge in [-0.1, -0.05) is 15.9 Å². The first-order valence-corrected chi connectivity index (χ1v) is 3.43. The monoisotopic (exact) mass is 182 g/mol. The van der Waals surface area contributed by atoms with Crippen LogP contribution in [0.2, 0.25) is 0 Å². The van der Waals surface area contributed by atoms with Crippen LogP contribution in [0.1, 0.15) is 6.92 Å². The number of alkyl halides is 1. The maximum atomic E-state index is 5.07. The van der Waals surface area contributed by atoms with Gasteiger partial charge in [0, 0.05) is 7.11 Å². The van der Waals surface area contributed by atoms with Gasteiger partial charge in [0.1, 0.15) is 5.01 Å². The molecule has 0 unspecified atom stereocenters. The quantitative estimate of drug-likeness (QED) is 0.484. The van der Waals surface area contributed by atoms with Crippen LogP contribution in [0.15, 0.2) is 0 Å². The second-order valence-electron chi connectivity index (χ2n) is 1.41. The fourth-order valence-electron chi connectivity index (χ4n) is 0.294.